The van der Waals surface area contributed by atoms with E-state index in [4.69, 9.17) is 37.0 Å². The number of aliphatic hydroxyl groups excluding tert-OH is 1. The predicted octanol–water partition coefficient (Wildman–Crippen LogP) is 24.1. The molecule has 0 fully saturated rings. The Balaban J connectivity index is 5.27. The maximum absolute atomic E-state index is 13.1. The lowest BCUT2D eigenvalue weighted by Crippen LogP contribution is -2.30. The van der Waals surface area contributed by atoms with Crippen LogP contribution in [-0.4, -0.2) is 96.7 Å². The van der Waals surface area contributed by atoms with Crippen LogP contribution in [0.5, 0.6) is 0 Å². The molecule has 0 spiro atoms. The van der Waals surface area contributed by atoms with Gasteiger partial charge < -0.3 is 33.8 Å². The number of carbonyl (C=O) groups excluding carboxylic acids is 4. The molecular formula is C81H158O17P2. The maximum Gasteiger partial charge on any atom is 0.472 e. The highest BCUT2D eigenvalue weighted by atomic mass is 31.2. The molecule has 0 aliphatic carbocycles. The third-order valence-corrected chi connectivity index (χ3v) is 21.5. The van der Waals surface area contributed by atoms with Crippen molar-refractivity contribution in [3.05, 3.63) is 0 Å². The zero-order valence-corrected chi connectivity index (χ0v) is 67.5. The summed E-state index contributed by atoms with van der Waals surface area (Å²) in [5.41, 5.74) is 0. The number of ether oxygens (including phenoxy) is 4. The van der Waals surface area contributed by atoms with Crippen LogP contribution in [0.3, 0.4) is 0 Å². The SMILES string of the molecule is CCCCCCCCCCCCCCCCC(=O)O[C@H](COC(=O)CCCCCCCCCCC(C)CC)COP(=O)(O)OC[C@H](O)COP(=O)(O)OC[C@@H](COC(=O)CCCCCCCCCCCCCCCC(C)C)OC(=O)CCCCCCCCCCCCCCCCC(C)CC. The van der Waals surface area contributed by atoms with E-state index in [0.717, 1.165) is 108 Å². The van der Waals surface area contributed by atoms with E-state index in [1.54, 1.807) is 0 Å². The Morgan fingerprint density at radius 2 is 0.510 bits per heavy atom. The molecule has 0 aromatic heterocycles. The summed E-state index contributed by atoms with van der Waals surface area (Å²) in [5.74, 6) is 0.306. The molecule has 0 rings (SSSR count). The Morgan fingerprint density at radius 1 is 0.290 bits per heavy atom. The maximum atomic E-state index is 13.1. The van der Waals surface area contributed by atoms with E-state index in [0.29, 0.717) is 25.7 Å². The van der Waals surface area contributed by atoms with Crippen molar-refractivity contribution in [1.82, 2.24) is 0 Å². The average Bonchev–Trinajstić information content (AvgIpc) is 0.990. The van der Waals surface area contributed by atoms with Crippen molar-refractivity contribution in [2.24, 2.45) is 17.8 Å². The van der Waals surface area contributed by atoms with Gasteiger partial charge in [0.1, 0.15) is 19.3 Å². The van der Waals surface area contributed by atoms with E-state index in [2.05, 4.69) is 48.5 Å². The van der Waals surface area contributed by atoms with Gasteiger partial charge >= 0.3 is 39.5 Å². The molecule has 0 aromatic carbocycles. The molecule has 0 heterocycles. The molecule has 7 atom stereocenters. The van der Waals surface area contributed by atoms with Gasteiger partial charge in [-0.15, -0.1) is 0 Å². The molecule has 100 heavy (non-hydrogen) atoms. The van der Waals surface area contributed by atoms with E-state index in [9.17, 15) is 43.2 Å². The van der Waals surface area contributed by atoms with Gasteiger partial charge in [0, 0.05) is 25.7 Å². The number of aliphatic hydroxyl groups is 1. The number of rotatable bonds is 79. The summed E-state index contributed by atoms with van der Waals surface area (Å²) in [6, 6.07) is 0. The van der Waals surface area contributed by atoms with Crippen molar-refractivity contribution in [1.29, 1.82) is 0 Å². The minimum absolute atomic E-state index is 0.107. The standard InChI is InChI=1S/C81H158O17P2/c1-8-11-12-13-14-15-16-17-23-29-34-43-50-57-64-80(85)98-77(69-92-79(84)63-56-49-42-37-36-40-47-54-61-74(7)10-3)71-96-100(89,90)94-67-75(82)66-93-99(87,88)95-70-76(68-91-78(83)62-55-48-41-33-28-25-20-21-26-31-38-45-52-59-72(4)5)97-81(86)65-58-51-44-35-30-24-19-18-22-27-32-39-46-53-60-73(6)9-2/h72-77,82H,8-71H2,1-7H3,(H,87,88)(H,89,90)/t73?,74?,75-,76-,77-/m1/s1. The number of unbranched alkanes of at least 4 members (excludes halogenated alkanes) is 45. The highest BCUT2D eigenvalue weighted by Gasteiger charge is 2.30. The van der Waals surface area contributed by atoms with Crippen molar-refractivity contribution in [2.45, 2.75) is 439 Å². The van der Waals surface area contributed by atoms with Gasteiger partial charge in [0.2, 0.25) is 0 Å². The van der Waals surface area contributed by atoms with Gasteiger partial charge in [0.05, 0.1) is 26.4 Å². The second-order valence-corrected chi connectivity index (χ2v) is 33.0. The molecule has 0 aromatic rings. The molecular weight excluding hydrogens is 1310 g/mol. The van der Waals surface area contributed by atoms with Crippen LogP contribution in [0.2, 0.25) is 0 Å². The highest BCUT2D eigenvalue weighted by Crippen LogP contribution is 2.45. The van der Waals surface area contributed by atoms with Gasteiger partial charge in [-0.05, 0) is 43.4 Å². The molecule has 0 radical (unpaired) electrons. The summed E-state index contributed by atoms with van der Waals surface area (Å²) in [5, 5.41) is 10.6. The molecule has 17 nitrogen and oxygen atoms in total. The van der Waals surface area contributed by atoms with Crippen LogP contribution < -0.4 is 0 Å². The fraction of sp³-hybridized carbons (Fsp3) is 0.951. The van der Waals surface area contributed by atoms with Crippen LogP contribution >= 0.6 is 15.6 Å². The summed E-state index contributed by atoms with van der Waals surface area (Å²) in [6.45, 7) is 12.0. The number of hydrogen-bond acceptors (Lipinski definition) is 15. The van der Waals surface area contributed by atoms with Crippen molar-refractivity contribution < 1.29 is 80.2 Å². The molecule has 594 valence electrons. The van der Waals surface area contributed by atoms with E-state index >= 15 is 0 Å². The number of hydrogen-bond donors (Lipinski definition) is 3. The quantitative estimate of drug-likeness (QED) is 0.0222. The van der Waals surface area contributed by atoms with Crippen molar-refractivity contribution >= 4 is 39.5 Å². The van der Waals surface area contributed by atoms with Crippen LogP contribution in [0, 0.1) is 17.8 Å². The van der Waals surface area contributed by atoms with Crippen LogP contribution in [-0.2, 0) is 65.4 Å². The lowest BCUT2D eigenvalue weighted by Gasteiger charge is -2.21. The normalized spacial score (nSPS) is 14.5. The second-order valence-electron chi connectivity index (χ2n) is 30.1. The average molecular weight is 1470 g/mol. The monoisotopic (exact) mass is 1470 g/mol. The third-order valence-electron chi connectivity index (χ3n) is 19.6. The summed E-state index contributed by atoms with van der Waals surface area (Å²) >= 11 is 0. The molecule has 0 saturated carbocycles. The molecule has 0 amide bonds. The van der Waals surface area contributed by atoms with Gasteiger partial charge in [-0.2, -0.15) is 0 Å². The summed E-state index contributed by atoms with van der Waals surface area (Å²) in [6.07, 6.45) is 59.4. The molecule has 19 heteroatoms. The van der Waals surface area contributed by atoms with Crippen LogP contribution in [0.1, 0.15) is 421 Å². The number of carbonyl (C=O) groups is 4. The van der Waals surface area contributed by atoms with Crippen LogP contribution in [0.15, 0.2) is 0 Å². The fourth-order valence-corrected chi connectivity index (χ4v) is 14.0. The zero-order valence-electron chi connectivity index (χ0n) is 65.7. The van der Waals surface area contributed by atoms with Crippen molar-refractivity contribution in [2.75, 3.05) is 39.6 Å². The minimum atomic E-state index is -4.96. The molecule has 0 saturated heterocycles. The Morgan fingerprint density at radius 3 is 0.760 bits per heavy atom. The van der Waals surface area contributed by atoms with Gasteiger partial charge in [0.15, 0.2) is 12.2 Å². The summed E-state index contributed by atoms with van der Waals surface area (Å²) < 4.78 is 68.8. The Kier molecular flexibility index (Phi) is 69.9. The molecule has 4 unspecified atom stereocenters. The van der Waals surface area contributed by atoms with Gasteiger partial charge in [-0.3, -0.25) is 37.3 Å². The van der Waals surface area contributed by atoms with Crippen molar-refractivity contribution in [3.63, 3.8) is 0 Å². The summed E-state index contributed by atoms with van der Waals surface area (Å²) in [4.78, 5) is 73.1. The molecule has 3 N–H and O–H groups in total. The van der Waals surface area contributed by atoms with E-state index < -0.39 is 97.5 Å². The molecule has 0 aliphatic heterocycles. The number of esters is 4. The smallest absolute Gasteiger partial charge is 0.462 e. The van der Waals surface area contributed by atoms with Gasteiger partial charge in [-0.1, -0.05) is 370 Å². The Labute approximate surface area is 613 Å². The highest BCUT2D eigenvalue weighted by molar-refractivity contribution is 7.47. The third kappa shape index (κ3) is 71.7. The van der Waals surface area contributed by atoms with Gasteiger partial charge in [0.25, 0.3) is 0 Å². The van der Waals surface area contributed by atoms with E-state index in [-0.39, 0.29) is 25.7 Å². The Hall–Kier alpha value is -1.94. The first kappa shape index (κ1) is 98.1. The van der Waals surface area contributed by atoms with Gasteiger partial charge in [-0.25, -0.2) is 9.13 Å². The van der Waals surface area contributed by atoms with Crippen LogP contribution in [0.25, 0.3) is 0 Å². The summed E-state index contributed by atoms with van der Waals surface area (Å²) in [7, 11) is -9.92. The largest absolute Gasteiger partial charge is 0.472 e. The fourth-order valence-electron chi connectivity index (χ4n) is 12.4. The predicted molar refractivity (Wildman–Crippen MR) is 409 cm³/mol. The number of phosphoric ester groups is 2. The molecule has 0 bridgehead atoms. The first-order valence-electron chi connectivity index (χ1n) is 41.9. The van der Waals surface area contributed by atoms with Crippen LogP contribution in [0.4, 0.5) is 0 Å². The minimum Gasteiger partial charge on any atom is -0.462 e. The Bertz CT molecular complexity index is 1940. The molecule has 0 aliphatic rings. The first-order chi connectivity index (χ1) is 48.3. The number of phosphoric acid groups is 2. The second kappa shape index (κ2) is 71.3. The topological polar surface area (TPSA) is 237 Å². The first-order valence-corrected chi connectivity index (χ1v) is 44.9. The lowest BCUT2D eigenvalue weighted by molar-refractivity contribution is -0.161. The van der Waals surface area contributed by atoms with Crippen molar-refractivity contribution in [3.8, 4) is 0 Å². The lowest BCUT2D eigenvalue weighted by atomic mass is 9.99. The van der Waals surface area contributed by atoms with E-state index in [1.165, 1.54) is 231 Å². The van der Waals surface area contributed by atoms with E-state index in [1.807, 2.05) is 0 Å². The zero-order chi connectivity index (χ0) is 73.7.